The molecule has 2 aromatic rings. The van der Waals surface area contributed by atoms with Crippen molar-refractivity contribution in [3.8, 4) is 5.75 Å². The molecule has 1 aliphatic heterocycles. The van der Waals surface area contributed by atoms with Gasteiger partial charge in [-0.1, -0.05) is 12.1 Å². The second kappa shape index (κ2) is 7.10. The zero-order valence-electron chi connectivity index (χ0n) is 16.1. The van der Waals surface area contributed by atoms with Crippen LogP contribution in [0.1, 0.15) is 55.3 Å². The molecule has 0 amide bonds. The standard InChI is InChI=1S/C20H22N4O4/c1-11(2)28-19(26)18-22-20-21-14-5-4-6-15(25)16(14)17(24(20)23-18)12-7-9-13(27-3)10-8-12/h7-11,17H,4-6H2,1-3H3,(H,21,22,23). The molecule has 146 valence electrons. The molecule has 1 atom stereocenters. The molecule has 0 fully saturated rings. The topological polar surface area (TPSA) is 95.3 Å². The largest absolute Gasteiger partial charge is 0.497 e. The highest BCUT2D eigenvalue weighted by Gasteiger charge is 2.37. The van der Waals surface area contributed by atoms with Gasteiger partial charge in [-0.2, -0.15) is 4.98 Å². The van der Waals surface area contributed by atoms with Gasteiger partial charge in [-0.05, 0) is 44.4 Å². The number of carbonyl (C=O) groups is 2. The number of aromatic nitrogens is 3. The summed E-state index contributed by atoms with van der Waals surface area (Å²) >= 11 is 0. The minimum atomic E-state index is -0.587. The zero-order valence-corrected chi connectivity index (χ0v) is 16.1. The SMILES string of the molecule is COc1ccc(C2C3=C(CCCC3=O)Nc3nc(C(=O)OC(C)C)nn32)cc1. The predicted molar refractivity (Wildman–Crippen MR) is 101 cm³/mol. The summed E-state index contributed by atoms with van der Waals surface area (Å²) in [5.41, 5.74) is 2.40. The van der Waals surface area contributed by atoms with Crippen molar-refractivity contribution in [1.29, 1.82) is 0 Å². The molecule has 2 aliphatic rings. The summed E-state index contributed by atoms with van der Waals surface area (Å²) in [6.07, 6.45) is 1.77. The van der Waals surface area contributed by atoms with Gasteiger partial charge in [0.1, 0.15) is 11.8 Å². The molecule has 8 nitrogen and oxygen atoms in total. The summed E-state index contributed by atoms with van der Waals surface area (Å²) in [5.74, 6) is 0.632. The maximum Gasteiger partial charge on any atom is 0.378 e. The number of Topliss-reactive ketones (excluding diaryl/α,β-unsaturated/α-hetero) is 1. The van der Waals surface area contributed by atoms with Gasteiger partial charge in [0.15, 0.2) is 5.78 Å². The summed E-state index contributed by atoms with van der Waals surface area (Å²) in [7, 11) is 1.60. The van der Waals surface area contributed by atoms with Gasteiger partial charge < -0.3 is 14.8 Å². The number of ketones is 1. The van der Waals surface area contributed by atoms with Crippen LogP contribution in [-0.2, 0) is 9.53 Å². The number of fused-ring (bicyclic) bond motifs is 1. The minimum absolute atomic E-state index is 0.0259. The highest BCUT2D eigenvalue weighted by molar-refractivity contribution is 5.99. The molecule has 0 saturated heterocycles. The fourth-order valence-corrected chi connectivity index (χ4v) is 3.60. The van der Waals surface area contributed by atoms with Crippen molar-refractivity contribution >= 4 is 17.7 Å². The summed E-state index contributed by atoms with van der Waals surface area (Å²) in [6.45, 7) is 3.54. The van der Waals surface area contributed by atoms with Crippen LogP contribution in [0, 0.1) is 0 Å². The summed E-state index contributed by atoms with van der Waals surface area (Å²) in [4.78, 5) is 29.4. The average Bonchev–Trinajstić information content (AvgIpc) is 3.10. The number of anilines is 1. The first-order chi connectivity index (χ1) is 13.5. The van der Waals surface area contributed by atoms with Crippen LogP contribution < -0.4 is 10.1 Å². The number of ether oxygens (including phenoxy) is 2. The Morgan fingerprint density at radius 2 is 2.00 bits per heavy atom. The number of benzene rings is 1. The first-order valence-corrected chi connectivity index (χ1v) is 9.32. The Labute approximate surface area is 162 Å². The number of carbonyl (C=O) groups excluding carboxylic acids is 2. The van der Waals surface area contributed by atoms with Crippen LogP contribution in [-0.4, -0.2) is 39.7 Å². The first kappa shape index (κ1) is 18.2. The van der Waals surface area contributed by atoms with E-state index >= 15 is 0 Å². The number of esters is 1. The van der Waals surface area contributed by atoms with Crippen molar-refractivity contribution < 1.29 is 19.1 Å². The Kier molecular flexibility index (Phi) is 4.62. The quantitative estimate of drug-likeness (QED) is 0.812. The Hall–Kier alpha value is -3.16. The van der Waals surface area contributed by atoms with Crippen molar-refractivity contribution in [2.75, 3.05) is 12.4 Å². The van der Waals surface area contributed by atoms with Gasteiger partial charge in [0.05, 0.1) is 13.2 Å². The molecule has 1 aliphatic carbocycles. The highest BCUT2D eigenvalue weighted by atomic mass is 16.5. The lowest BCUT2D eigenvalue weighted by atomic mass is 9.85. The van der Waals surface area contributed by atoms with Crippen LogP contribution in [0.2, 0.25) is 0 Å². The van der Waals surface area contributed by atoms with E-state index in [1.54, 1.807) is 25.6 Å². The van der Waals surface area contributed by atoms with E-state index in [4.69, 9.17) is 9.47 Å². The molecule has 1 unspecified atom stereocenters. The monoisotopic (exact) mass is 382 g/mol. The maximum absolute atomic E-state index is 12.8. The summed E-state index contributed by atoms with van der Waals surface area (Å²) in [5, 5.41) is 7.58. The first-order valence-electron chi connectivity index (χ1n) is 9.32. The number of methoxy groups -OCH3 is 1. The maximum atomic E-state index is 12.8. The second-order valence-electron chi connectivity index (χ2n) is 7.13. The van der Waals surface area contributed by atoms with E-state index in [9.17, 15) is 9.59 Å². The van der Waals surface area contributed by atoms with Crippen LogP contribution in [0.25, 0.3) is 0 Å². The van der Waals surface area contributed by atoms with Gasteiger partial charge in [-0.15, -0.1) is 5.10 Å². The van der Waals surface area contributed by atoms with E-state index in [-0.39, 0.29) is 17.7 Å². The third kappa shape index (κ3) is 3.15. The molecular formula is C20H22N4O4. The lowest BCUT2D eigenvalue weighted by Crippen LogP contribution is -2.31. The van der Waals surface area contributed by atoms with E-state index in [1.807, 2.05) is 24.3 Å². The minimum Gasteiger partial charge on any atom is -0.497 e. The molecule has 0 saturated carbocycles. The zero-order chi connectivity index (χ0) is 19.8. The van der Waals surface area contributed by atoms with Gasteiger partial charge in [0, 0.05) is 17.7 Å². The molecule has 1 aromatic carbocycles. The molecule has 0 bridgehead atoms. The molecule has 0 radical (unpaired) electrons. The van der Waals surface area contributed by atoms with Gasteiger partial charge in [-0.3, -0.25) is 4.79 Å². The van der Waals surface area contributed by atoms with Crippen molar-refractivity contribution in [3.05, 3.63) is 46.9 Å². The molecule has 4 rings (SSSR count). The fraction of sp³-hybridized carbons (Fsp3) is 0.400. The average molecular weight is 382 g/mol. The van der Waals surface area contributed by atoms with Gasteiger partial charge in [-0.25, -0.2) is 9.48 Å². The van der Waals surface area contributed by atoms with Crippen LogP contribution in [0.4, 0.5) is 5.95 Å². The van der Waals surface area contributed by atoms with E-state index in [2.05, 4.69) is 15.4 Å². The van der Waals surface area contributed by atoms with Crippen molar-refractivity contribution in [1.82, 2.24) is 14.8 Å². The van der Waals surface area contributed by atoms with E-state index < -0.39 is 12.0 Å². The van der Waals surface area contributed by atoms with E-state index in [0.29, 0.717) is 17.9 Å². The molecule has 1 aromatic heterocycles. The second-order valence-corrected chi connectivity index (χ2v) is 7.13. The van der Waals surface area contributed by atoms with Crippen molar-refractivity contribution in [2.45, 2.75) is 45.3 Å². The lowest BCUT2D eigenvalue weighted by Gasteiger charge is -2.32. The third-order valence-electron chi connectivity index (χ3n) is 4.82. The van der Waals surface area contributed by atoms with Crippen molar-refractivity contribution in [3.63, 3.8) is 0 Å². The van der Waals surface area contributed by atoms with Gasteiger partial charge >= 0.3 is 5.97 Å². The Morgan fingerprint density at radius 1 is 1.25 bits per heavy atom. The smallest absolute Gasteiger partial charge is 0.378 e. The number of hydrogen-bond acceptors (Lipinski definition) is 7. The van der Waals surface area contributed by atoms with Crippen LogP contribution >= 0.6 is 0 Å². The summed E-state index contributed by atoms with van der Waals surface area (Å²) in [6, 6.07) is 7.04. The Morgan fingerprint density at radius 3 is 2.68 bits per heavy atom. The molecule has 2 heterocycles. The third-order valence-corrected chi connectivity index (χ3v) is 4.82. The summed E-state index contributed by atoms with van der Waals surface area (Å²) < 4.78 is 12.1. The van der Waals surface area contributed by atoms with E-state index in [0.717, 1.165) is 29.9 Å². The molecule has 8 heteroatoms. The van der Waals surface area contributed by atoms with Gasteiger partial charge in [0.25, 0.3) is 5.82 Å². The Balaban J connectivity index is 1.81. The number of nitrogens with zero attached hydrogens (tertiary/aromatic N) is 3. The lowest BCUT2D eigenvalue weighted by molar-refractivity contribution is -0.116. The van der Waals surface area contributed by atoms with Crippen molar-refractivity contribution in [2.24, 2.45) is 0 Å². The van der Waals surface area contributed by atoms with Gasteiger partial charge in [0.2, 0.25) is 5.95 Å². The Bertz CT molecular complexity index is 959. The van der Waals surface area contributed by atoms with Crippen LogP contribution in [0.3, 0.4) is 0 Å². The van der Waals surface area contributed by atoms with Crippen LogP contribution in [0.5, 0.6) is 5.75 Å². The number of nitrogens with one attached hydrogen (secondary N) is 1. The fourth-order valence-electron chi connectivity index (χ4n) is 3.60. The van der Waals surface area contributed by atoms with E-state index in [1.165, 1.54) is 0 Å². The van der Waals surface area contributed by atoms with Crippen LogP contribution in [0.15, 0.2) is 35.5 Å². The molecular weight excluding hydrogens is 360 g/mol. The number of allylic oxidation sites excluding steroid dienone is 2. The number of hydrogen-bond donors (Lipinski definition) is 1. The normalized spacial score (nSPS) is 18.4. The highest BCUT2D eigenvalue weighted by Crippen LogP contribution is 2.40. The number of rotatable bonds is 4. The molecule has 28 heavy (non-hydrogen) atoms. The molecule has 1 N–H and O–H groups in total. The predicted octanol–water partition coefficient (Wildman–Crippen LogP) is 2.87. The molecule has 0 spiro atoms.